The van der Waals surface area contributed by atoms with Crippen molar-refractivity contribution in [1.29, 1.82) is 0 Å². The fourth-order valence-corrected chi connectivity index (χ4v) is 5.15. The number of aliphatic carboxylic acids is 1. The molecule has 0 spiro atoms. The number of aromatic nitrogens is 3. The van der Waals surface area contributed by atoms with Gasteiger partial charge in [0.25, 0.3) is 6.01 Å². The second-order valence-electron chi connectivity index (χ2n) is 10.2. The molecule has 2 N–H and O–H groups in total. The predicted octanol–water partition coefficient (Wildman–Crippen LogP) is 4.93. The molecule has 1 aliphatic carbocycles. The van der Waals surface area contributed by atoms with E-state index >= 15 is 8.78 Å². The normalized spacial score (nSPS) is 20.8. The number of carboxylic acids is 1. The van der Waals surface area contributed by atoms with E-state index in [2.05, 4.69) is 15.0 Å². The van der Waals surface area contributed by atoms with Gasteiger partial charge in [-0.3, -0.25) is 4.79 Å². The van der Waals surface area contributed by atoms with Crippen LogP contribution in [-0.2, 0) is 9.53 Å². The van der Waals surface area contributed by atoms with Gasteiger partial charge in [0.15, 0.2) is 11.5 Å². The number of H-pyrrole nitrogens is 1. The van der Waals surface area contributed by atoms with E-state index in [0.29, 0.717) is 57.7 Å². The van der Waals surface area contributed by atoms with Crippen molar-refractivity contribution in [2.75, 3.05) is 31.2 Å². The van der Waals surface area contributed by atoms with E-state index < -0.39 is 40.1 Å². The molecule has 198 valence electrons. The lowest BCUT2D eigenvalue weighted by atomic mass is 9.70. The first-order valence-corrected chi connectivity index (χ1v) is 12.4. The number of hydrogen-bond donors (Lipinski definition) is 2. The minimum Gasteiger partial charge on any atom is -0.481 e. The molecule has 2 fully saturated rings. The maximum Gasteiger partial charge on any atom is 0.309 e. The van der Waals surface area contributed by atoms with Gasteiger partial charge in [-0.05, 0) is 57.6 Å². The van der Waals surface area contributed by atoms with E-state index in [1.165, 1.54) is 12.1 Å². The number of ether oxygens (including phenoxy) is 2. The Labute approximate surface area is 211 Å². The summed E-state index contributed by atoms with van der Waals surface area (Å²) in [5, 5.41) is 9.47. The predicted molar refractivity (Wildman–Crippen MR) is 130 cm³/mol. The molecule has 37 heavy (non-hydrogen) atoms. The number of fused-ring (bicyclic) bond motifs is 1. The van der Waals surface area contributed by atoms with Crippen LogP contribution in [0, 0.1) is 28.8 Å². The number of benzene rings is 1. The van der Waals surface area contributed by atoms with Crippen LogP contribution in [0.25, 0.3) is 22.4 Å². The standard InChI is InChI=1S/C26H29F3N4O4/c1-26(2,24(34)35)14-3-5-16(6-4-14)37-25-30-20-13-19(29)22(31-23(20)32-25)21-17(27)11-15(12-18(21)28)33-7-9-36-10-8-33/h11-14,16H,3-10H2,1-2H3,(H,34,35)(H,30,31,32)/t14-,16-. The molecule has 1 aromatic carbocycles. The van der Waals surface area contributed by atoms with E-state index in [0.717, 1.165) is 6.07 Å². The van der Waals surface area contributed by atoms with Crippen molar-refractivity contribution in [3.63, 3.8) is 0 Å². The van der Waals surface area contributed by atoms with Crippen molar-refractivity contribution in [3.05, 3.63) is 35.7 Å². The number of pyridine rings is 1. The number of rotatable bonds is 6. The number of imidazole rings is 1. The van der Waals surface area contributed by atoms with Crippen LogP contribution in [-0.4, -0.2) is 58.4 Å². The van der Waals surface area contributed by atoms with Gasteiger partial charge in [0, 0.05) is 24.8 Å². The topological polar surface area (TPSA) is 101 Å². The summed E-state index contributed by atoms with van der Waals surface area (Å²) in [6.07, 6.45) is 2.50. The van der Waals surface area contributed by atoms with Gasteiger partial charge in [0.2, 0.25) is 0 Å². The van der Waals surface area contributed by atoms with E-state index in [1.807, 2.05) is 0 Å². The van der Waals surface area contributed by atoms with Crippen molar-refractivity contribution < 1.29 is 32.5 Å². The van der Waals surface area contributed by atoms with Crippen LogP contribution in [0.4, 0.5) is 18.9 Å². The van der Waals surface area contributed by atoms with Crippen LogP contribution in [0.2, 0.25) is 0 Å². The molecule has 1 saturated carbocycles. The fourth-order valence-electron chi connectivity index (χ4n) is 5.15. The molecule has 11 heteroatoms. The summed E-state index contributed by atoms with van der Waals surface area (Å²) in [4.78, 5) is 24.6. The summed E-state index contributed by atoms with van der Waals surface area (Å²) in [5.41, 5.74) is -1.16. The van der Waals surface area contributed by atoms with Crippen LogP contribution in [0.15, 0.2) is 18.2 Å². The summed E-state index contributed by atoms with van der Waals surface area (Å²) >= 11 is 0. The number of carbonyl (C=O) groups is 1. The Hall–Kier alpha value is -3.34. The highest BCUT2D eigenvalue weighted by molar-refractivity contribution is 5.77. The average molecular weight is 519 g/mol. The lowest BCUT2D eigenvalue weighted by Gasteiger charge is -2.36. The van der Waals surface area contributed by atoms with Crippen molar-refractivity contribution >= 4 is 22.8 Å². The van der Waals surface area contributed by atoms with Crippen molar-refractivity contribution in [2.24, 2.45) is 11.3 Å². The number of nitrogens with zero attached hydrogens (tertiary/aromatic N) is 3. The Morgan fingerprint density at radius 3 is 2.32 bits per heavy atom. The van der Waals surface area contributed by atoms with Crippen LogP contribution in [0.1, 0.15) is 39.5 Å². The van der Waals surface area contributed by atoms with Gasteiger partial charge in [-0.2, -0.15) is 4.98 Å². The molecule has 0 bridgehead atoms. The molecule has 3 aromatic rings. The van der Waals surface area contributed by atoms with Gasteiger partial charge in [-0.25, -0.2) is 18.2 Å². The molecule has 5 rings (SSSR count). The molecule has 3 heterocycles. The van der Waals surface area contributed by atoms with E-state index in [9.17, 15) is 14.3 Å². The second-order valence-corrected chi connectivity index (χ2v) is 10.2. The maximum atomic E-state index is 15.0. The van der Waals surface area contributed by atoms with Gasteiger partial charge in [-0.15, -0.1) is 0 Å². The Bertz CT molecular complexity index is 1290. The first kappa shape index (κ1) is 25.3. The SMILES string of the molecule is CC(C)(C(=O)O)[C@H]1CC[C@H](Oc2nc3nc(-c4c(F)cc(N5CCOCC5)cc4F)c(F)cc3[nH]2)CC1. The molecule has 0 radical (unpaired) electrons. The summed E-state index contributed by atoms with van der Waals surface area (Å²) < 4.78 is 56.2. The average Bonchev–Trinajstić information content (AvgIpc) is 3.25. The monoisotopic (exact) mass is 518 g/mol. The number of carboxylic acid groups (broad SMARTS) is 1. The third-order valence-corrected chi connectivity index (χ3v) is 7.57. The van der Waals surface area contributed by atoms with Crippen molar-refractivity contribution in [1.82, 2.24) is 15.0 Å². The smallest absolute Gasteiger partial charge is 0.309 e. The molecule has 0 amide bonds. The minimum absolute atomic E-state index is 0.0401. The van der Waals surface area contributed by atoms with Crippen LogP contribution in [0.5, 0.6) is 6.01 Å². The first-order valence-electron chi connectivity index (χ1n) is 12.4. The van der Waals surface area contributed by atoms with E-state index in [-0.39, 0.29) is 29.2 Å². The van der Waals surface area contributed by atoms with Gasteiger partial charge in [0.05, 0.1) is 29.7 Å². The number of morpholine rings is 1. The molecular formula is C26H29F3N4O4. The highest BCUT2D eigenvalue weighted by Gasteiger charge is 2.39. The highest BCUT2D eigenvalue weighted by Crippen LogP contribution is 2.39. The fraction of sp³-hybridized carbons (Fsp3) is 0.500. The Morgan fingerprint density at radius 1 is 1.05 bits per heavy atom. The number of nitrogens with one attached hydrogen (secondary N) is 1. The first-order chi connectivity index (χ1) is 17.6. The summed E-state index contributed by atoms with van der Waals surface area (Å²) in [6, 6.07) is 3.58. The zero-order valence-electron chi connectivity index (χ0n) is 20.7. The largest absolute Gasteiger partial charge is 0.481 e. The summed E-state index contributed by atoms with van der Waals surface area (Å²) in [5.74, 6) is -3.50. The van der Waals surface area contributed by atoms with Gasteiger partial charge >= 0.3 is 5.97 Å². The van der Waals surface area contributed by atoms with Crippen LogP contribution >= 0.6 is 0 Å². The highest BCUT2D eigenvalue weighted by atomic mass is 19.1. The number of halogens is 3. The number of aromatic amines is 1. The summed E-state index contributed by atoms with van der Waals surface area (Å²) in [7, 11) is 0. The van der Waals surface area contributed by atoms with Crippen molar-refractivity contribution in [2.45, 2.75) is 45.6 Å². The zero-order valence-corrected chi connectivity index (χ0v) is 20.7. The number of anilines is 1. The third kappa shape index (κ3) is 4.96. The Morgan fingerprint density at radius 2 is 1.70 bits per heavy atom. The van der Waals surface area contributed by atoms with Crippen LogP contribution < -0.4 is 9.64 Å². The molecule has 1 saturated heterocycles. The van der Waals surface area contributed by atoms with Crippen molar-refractivity contribution in [3.8, 4) is 17.3 Å². The van der Waals surface area contributed by atoms with Gasteiger partial charge < -0.3 is 24.5 Å². The molecule has 1 aliphatic heterocycles. The van der Waals surface area contributed by atoms with E-state index in [1.54, 1.807) is 18.7 Å². The van der Waals surface area contributed by atoms with Crippen LogP contribution in [0.3, 0.4) is 0 Å². The molecule has 2 aliphatic rings. The maximum absolute atomic E-state index is 15.0. The molecule has 8 nitrogen and oxygen atoms in total. The Kier molecular flexibility index (Phi) is 6.74. The molecule has 0 atom stereocenters. The zero-order chi connectivity index (χ0) is 26.3. The van der Waals surface area contributed by atoms with E-state index in [4.69, 9.17) is 9.47 Å². The third-order valence-electron chi connectivity index (χ3n) is 7.57. The van der Waals surface area contributed by atoms with Gasteiger partial charge in [-0.1, -0.05) is 0 Å². The second kappa shape index (κ2) is 9.85. The summed E-state index contributed by atoms with van der Waals surface area (Å²) in [6.45, 7) is 5.41. The minimum atomic E-state index is -0.916. The Balaban J connectivity index is 1.34. The lowest BCUT2D eigenvalue weighted by molar-refractivity contribution is -0.151. The number of hydrogen-bond acceptors (Lipinski definition) is 6. The molecular weight excluding hydrogens is 489 g/mol. The van der Waals surface area contributed by atoms with Gasteiger partial charge in [0.1, 0.15) is 23.4 Å². The quantitative estimate of drug-likeness (QED) is 0.477. The molecule has 2 aromatic heterocycles. The lowest BCUT2D eigenvalue weighted by Crippen LogP contribution is -2.37. The molecule has 0 unspecified atom stereocenters.